The Labute approximate surface area is 199 Å². The lowest BCUT2D eigenvalue weighted by atomic mass is 10.0. The number of hydrogen-bond donors (Lipinski definition) is 2. The van der Waals surface area contributed by atoms with Gasteiger partial charge in [0, 0.05) is 35.3 Å². The number of piperidine rings is 1. The van der Waals surface area contributed by atoms with E-state index in [-0.39, 0.29) is 11.9 Å². The quantitative estimate of drug-likeness (QED) is 0.524. The SMILES string of the molecule is C=C(C#N)CNc1c(OC)ccc2ccc(-c3nccc(C(=O)NC4CCN(C)CC4)n3)cc12. The van der Waals surface area contributed by atoms with Gasteiger partial charge >= 0.3 is 0 Å². The Bertz CT molecular complexity index is 1260. The molecule has 0 aliphatic carbocycles. The molecule has 0 radical (unpaired) electrons. The van der Waals surface area contributed by atoms with Crippen LogP contribution in [0.5, 0.6) is 5.75 Å². The number of benzene rings is 2. The number of hydrogen-bond acceptors (Lipinski definition) is 7. The van der Waals surface area contributed by atoms with Crippen LogP contribution >= 0.6 is 0 Å². The molecule has 8 nitrogen and oxygen atoms in total. The molecule has 1 saturated heterocycles. The zero-order valence-electron chi connectivity index (χ0n) is 19.5. The van der Waals surface area contributed by atoms with Crippen molar-refractivity contribution < 1.29 is 9.53 Å². The third-order valence-electron chi connectivity index (χ3n) is 6.04. The van der Waals surface area contributed by atoms with E-state index in [9.17, 15) is 4.79 Å². The number of nitrogens with one attached hydrogen (secondary N) is 2. The Morgan fingerprint density at radius 1 is 1.26 bits per heavy atom. The molecule has 8 heteroatoms. The average molecular weight is 457 g/mol. The summed E-state index contributed by atoms with van der Waals surface area (Å²) in [6, 6.07) is 13.6. The van der Waals surface area contributed by atoms with Crippen molar-refractivity contribution in [3.63, 3.8) is 0 Å². The van der Waals surface area contributed by atoms with Gasteiger partial charge in [0.05, 0.1) is 18.9 Å². The molecule has 0 saturated carbocycles. The summed E-state index contributed by atoms with van der Waals surface area (Å²) < 4.78 is 5.53. The van der Waals surface area contributed by atoms with Crippen LogP contribution in [0.15, 0.2) is 54.7 Å². The van der Waals surface area contributed by atoms with Gasteiger partial charge in [-0.2, -0.15) is 5.26 Å². The van der Waals surface area contributed by atoms with Crippen molar-refractivity contribution in [1.29, 1.82) is 5.26 Å². The summed E-state index contributed by atoms with van der Waals surface area (Å²) in [5.41, 5.74) is 2.30. The molecule has 0 spiro atoms. The maximum Gasteiger partial charge on any atom is 0.270 e. The molecule has 0 unspecified atom stereocenters. The van der Waals surface area contributed by atoms with Crippen molar-refractivity contribution in [2.75, 3.05) is 39.1 Å². The number of methoxy groups -OCH3 is 1. The van der Waals surface area contributed by atoms with Gasteiger partial charge in [-0.3, -0.25) is 4.79 Å². The molecular formula is C26H28N6O2. The predicted molar refractivity (Wildman–Crippen MR) is 133 cm³/mol. The molecule has 1 aromatic heterocycles. The molecule has 1 aliphatic heterocycles. The van der Waals surface area contributed by atoms with Gasteiger partial charge in [0.2, 0.25) is 0 Å². The molecule has 34 heavy (non-hydrogen) atoms. The van der Waals surface area contributed by atoms with E-state index in [1.807, 2.05) is 36.4 Å². The van der Waals surface area contributed by atoms with Crippen LogP contribution in [-0.2, 0) is 0 Å². The average Bonchev–Trinajstić information content (AvgIpc) is 2.87. The van der Waals surface area contributed by atoms with E-state index in [0.717, 1.165) is 48.0 Å². The minimum Gasteiger partial charge on any atom is -0.495 e. The number of carbonyl (C=O) groups excluding carboxylic acids is 1. The van der Waals surface area contributed by atoms with Crippen LogP contribution < -0.4 is 15.4 Å². The van der Waals surface area contributed by atoms with Gasteiger partial charge in [-0.25, -0.2) is 9.97 Å². The molecule has 4 rings (SSSR count). The summed E-state index contributed by atoms with van der Waals surface area (Å²) in [4.78, 5) is 24.0. The number of likely N-dealkylation sites (tertiary alicyclic amines) is 1. The first-order valence-corrected chi connectivity index (χ1v) is 11.2. The predicted octanol–water partition coefficient (Wildman–Crippen LogP) is 3.62. The van der Waals surface area contributed by atoms with Crippen molar-refractivity contribution >= 4 is 22.4 Å². The number of nitriles is 1. The summed E-state index contributed by atoms with van der Waals surface area (Å²) in [5.74, 6) is 0.939. The lowest BCUT2D eigenvalue weighted by molar-refractivity contribution is 0.0911. The fourth-order valence-electron chi connectivity index (χ4n) is 4.06. The van der Waals surface area contributed by atoms with E-state index in [4.69, 9.17) is 10.00 Å². The second kappa shape index (κ2) is 10.3. The molecule has 1 fully saturated rings. The van der Waals surface area contributed by atoms with Crippen LogP contribution in [0.3, 0.4) is 0 Å². The summed E-state index contributed by atoms with van der Waals surface area (Å²) >= 11 is 0. The largest absolute Gasteiger partial charge is 0.495 e. The van der Waals surface area contributed by atoms with Crippen molar-refractivity contribution in [3.05, 3.63) is 60.4 Å². The lowest BCUT2D eigenvalue weighted by Gasteiger charge is -2.29. The smallest absolute Gasteiger partial charge is 0.270 e. The zero-order valence-corrected chi connectivity index (χ0v) is 19.5. The van der Waals surface area contributed by atoms with E-state index >= 15 is 0 Å². The Hall–Kier alpha value is -3.96. The summed E-state index contributed by atoms with van der Waals surface area (Å²) in [6.07, 6.45) is 3.47. The van der Waals surface area contributed by atoms with E-state index < -0.39 is 0 Å². The third kappa shape index (κ3) is 5.16. The summed E-state index contributed by atoms with van der Waals surface area (Å²) in [6.45, 7) is 5.98. The van der Waals surface area contributed by atoms with Crippen molar-refractivity contribution in [2.24, 2.45) is 0 Å². The number of fused-ring (bicyclic) bond motifs is 1. The van der Waals surface area contributed by atoms with E-state index in [0.29, 0.717) is 29.4 Å². The highest BCUT2D eigenvalue weighted by atomic mass is 16.5. The number of carbonyl (C=O) groups is 1. The Balaban J connectivity index is 1.62. The van der Waals surface area contributed by atoms with Crippen LogP contribution in [0.1, 0.15) is 23.3 Å². The molecule has 3 aromatic rings. The monoisotopic (exact) mass is 456 g/mol. The molecule has 0 atom stereocenters. The van der Waals surface area contributed by atoms with Gasteiger partial charge in [-0.1, -0.05) is 24.8 Å². The molecular weight excluding hydrogens is 428 g/mol. The van der Waals surface area contributed by atoms with Gasteiger partial charge in [-0.05, 0) is 56.6 Å². The van der Waals surface area contributed by atoms with E-state index in [1.54, 1.807) is 19.4 Å². The van der Waals surface area contributed by atoms with Crippen LogP contribution in [-0.4, -0.2) is 60.6 Å². The lowest BCUT2D eigenvalue weighted by Crippen LogP contribution is -2.43. The zero-order chi connectivity index (χ0) is 24.1. The van der Waals surface area contributed by atoms with Crippen molar-refractivity contribution in [1.82, 2.24) is 20.2 Å². The van der Waals surface area contributed by atoms with Crippen LogP contribution in [0, 0.1) is 11.3 Å². The van der Waals surface area contributed by atoms with Gasteiger partial charge in [0.25, 0.3) is 5.91 Å². The number of nitrogens with zero attached hydrogens (tertiary/aromatic N) is 4. The Kier molecular flexibility index (Phi) is 7.04. The highest BCUT2D eigenvalue weighted by Crippen LogP contribution is 2.35. The third-order valence-corrected chi connectivity index (χ3v) is 6.04. The maximum atomic E-state index is 12.8. The van der Waals surface area contributed by atoms with Crippen LogP contribution in [0.25, 0.3) is 22.2 Å². The summed E-state index contributed by atoms with van der Waals surface area (Å²) in [5, 5.41) is 17.3. The van der Waals surface area contributed by atoms with Gasteiger partial charge < -0.3 is 20.3 Å². The maximum absolute atomic E-state index is 12.8. The second-order valence-corrected chi connectivity index (χ2v) is 8.46. The van der Waals surface area contributed by atoms with Crippen molar-refractivity contribution in [2.45, 2.75) is 18.9 Å². The van der Waals surface area contributed by atoms with Gasteiger partial charge in [0.1, 0.15) is 11.4 Å². The standard InChI is InChI=1S/C26H28N6O2/c1-17(15-27)16-29-24-21-14-19(5-4-18(21)6-7-23(24)34-3)25-28-11-8-22(31-25)26(33)30-20-9-12-32(2)13-10-20/h4-8,11,14,20,29H,1,9-10,12-13,16H2,2-3H3,(H,30,33). The first-order chi connectivity index (χ1) is 16.5. The van der Waals surface area contributed by atoms with E-state index in [2.05, 4.69) is 39.1 Å². The first kappa shape index (κ1) is 23.2. The number of rotatable bonds is 7. The van der Waals surface area contributed by atoms with E-state index in [1.165, 1.54) is 0 Å². The Morgan fingerprint density at radius 3 is 2.76 bits per heavy atom. The second-order valence-electron chi connectivity index (χ2n) is 8.46. The topological polar surface area (TPSA) is 103 Å². The number of anilines is 1. The first-order valence-electron chi connectivity index (χ1n) is 11.2. The van der Waals surface area contributed by atoms with Gasteiger partial charge in [-0.15, -0.1) is 0 Å². The van der Waals surface area contributed by atoms with Crippen molar-refractivity contribution in [3.8, 4) is 23.2 Å². The van der Waals surface area contributed by atoms with Crippen LogP contribution in [0.2, 0.25) is 0 Å². The van der Waals surface area contributed by atoms with Crippen LogP contribution in [0.4, 0.5) is 5.69 Å². The number of ether oxygens (including phenoxy) is 1. The molecule has 174 valence electrons. The normalized spacial score (nSPS) is 14.4. The minimum atomic E-state index is -0.182. The van der Waals surface area contributed by atoms with Gasteiger partial charge in [0.15, 0.2) is 5.82 Å². The molecule has 1 amide bonds. The molecule has 1 aliphatic rings. The fourth-order valence-corrected chi connectivity index (χ4v) is 4.06. The molecule has 2 aromatic carbocycles. The number of amides is 1. The number of aromatic nitrogens is 2. The highest BCUT2D eigenvalue weighted by Gasteiger charge is 2.20. The molecule has 2 N–H and O–H groups in total. The highest BCUT2D eigenvalue weighted by molar-refractivity contribution is 5.99. The summed E-state index contributed by atoms with van der Waals surface area (Å²) in [7, 11) is 3.69. The molecule has 0 bridgehead atoms. The minimum absolute atomic E-state index is 0.159. The fraction of sp³-hybridized carbons (Fsp3) is 0.308. The Morgan fingerprint density at radius 2 is 2.03 bits per heavy atom. The molecule has 2 heterocycles.